The van der Waals surface area contributed by atoms with Crippen LogP contribution in [0.5, 0.6) is 0 Å². The molecule has 0 bridgehead atoms. The van der Waals surface area contributed by atoms with E-state index >= 15 is 0 Å². The maximum absolute atomic E-state index is 12.6. The van der Waals surface area contributed by atoms with Gasteiger partial charge in [0.2, 0.25) is 11.8 Å². The second-order valence-electron chi connectivity index (χ2n) is 6.64. The lowest BCUT2D eigenvalue weighted by atomic mass is 10.2. The van der Waals surface area contributed by atoms with Crippen molar-refractivity contribution >= 4 is 53.4 Å². The van der Waals surface area contributed by atoms with Gasteiger partial charge in [-0.25, -0.2) is 0 Å². The summed E-state index contributed by atoms with van der Waals surface area (Å²) in [7, 11) is 3.46. The summed E-state index contributed by atoms with van der Waals surface area (Å²) in [6.45, 7) is 5.28. The lowest BCUT2D eigenvalue weighted by Gasteiger charge is -2.36. The third kappa shape index (κ3) is 7.46. The number of guanidine groups is 1. The fourth-order valence-corrected chi connectivity index (χ4v) is 2.90. The molecule has 1 saturated heterocycles. The number of amides is 2. The molecule has 156 valence electrons. The number of carbonyl (C=O) groups excluding carboxylic acids is 2. The molecular weight excluding hydrogens is 493 g/mol. The number of aliphatic imine (C=N–C) groups is 1. The molecule has 2 rings (SSSR count). The van der Waals surface area contributed by atoms with Crippen LogP contribution >= 0.6 is 35.6 Å². The highest BCUT2D eigenvalue weighted by Gasteiger charge is 2.26. The van der Waals surface area contributed by atoms with E-state index in [2.05, 4.69) is 10.3 Å². The molecule has 0 unspecified atom stereocenters. The van der Waals surface area contributed by atoms with Gasteiger partial charge < -0.3 is 20.0 Å². The molecular formula is C19H29ClIN5O2. The van der Waals surface area contributed by atoms with Crippen molar-refractivity contribution in [2.45, 2.75) is 19.9 Å². The second-order valence-corrected chi connectivity index (χ2v) is 7.07. The molecule has 1 fully saturated rings. The minimum Gasteiger partial charge on any atom is -0.357 e. The maximum Gasteiger partial charge on any atom is 0.242 e. The Morgan fingerprint density at radius 3 is 2.50 bits per heavy atom. The maximum atomic E-state index is 12.6. The highest BCUT2D eigenvalue weighted by Crippen LogP contribution is 2.13. The topological polar surface area (TPSA) is 68.2 Å². The fourth-order valence-electron chi connectivity index (χ4n) is 2.77. The third-order valence-corrected chi connectivity index (χ3v) is 4.58. The zero-order valence-corrected chi connectivity index (χ0v) is 19.7. The number of benzene rings is 1. The van der Waals surface area contributed by atoms with Crippen LogP contribution in [0.2, 0.25) is 5.02 Å². The van der Waals surface area contributed by atoms with Gasteiger partial charge in [-0.05, 0) is 24.6 Å². The predicted octanol–water partition coefficient (Wildman–Crippen LogP) is 2.05. The van der Waals surface area contributed by atoms with Crippen LogP contribution in [0.4, 0.5) is 0 Å². The molecule has 1 aliphatic rings. The molecule has 1 aromatic carbocycles. The summed E-state index contributed by atoms with van der Waals surface area (Å²) in [4.78, 5) is 34.1. The zero-order chi connectivity index (χ0) is 19.8. The van der Waals surface area contributed by atoms with Gasteiger partial charge in [0.15, 0.2) is 5.96 Å². The molecule has 1 N–H and O–H groups in total. The molecule has 1 aliphatic heterocycles. The van der Waals surface area contributed by atoms with Gasteiger partial charge in [0.25, 0.3) is 0 Å². The molecule has 9 heteroatoms. The Hall–Kier alpha value is -1.55. The highest BCUT2D eigenvalue weighted by molar-refractivity contribution is 14.0. The van der Waals surface area contributed by atoms with E-state index in [4.69, 9.17) is 11.6 Å². The molecule has 0 aromatic heterocycles. The van der Waals surface area contributed by atoms with E-state index in [1.807, 2.05) is 41.0 Å². The first-order chi connectivity index (χ1) is 12.9. The van der Waals surface area contributed by atoms with Crippen LogP contribution in [-0.2, 0) is 16.1 Å². The Labute approximate surface area is 189 Å². The Balaban J connectivity index is 0.00000392. The molecule has 0 spiro atoms. The summed E-state index contributed by atoms with van der Waals surface area (Å²) < 4.78 is 0. The molecule has 0 atom stereocenters. The first-order valence-corrected chi connectivity index (χ1v) is 9.54. The van der Waals surface area contributed by atoms with Gasteiger partial charge in [0.1, 0.15) is 0 Å². The van der Waals surface area contributed by atoms with Gasteiger partial charge in [0, 0.05) is 51.7 Å². The third-order valence-electron chi connectivity index (χ3n) is 4.33. The molecule has 0 saturated carbocycles. The van der Waals surface area contributed by atoms with Gasteiger partial charge in [0.05, 0.1) is 13.1 Å². The Morgan fingerprint density at radius 1 is 1.25 bits per heavy atom. The van der Waals surface area contributed by atoms with E-state index in [-0.39, 0.29) is 42.3 Å². The Bertz CT molecular complexity index is 681. The van der Waals surface area contributed by atoms with Crippen molar-refractivity contribution in [3.8, 4) is 0 Å². The van der Waals surface area contributed by atoms with Gasteiger partial charge in [-0.1, -0.05) is 23.7 Å². The summed E-state index contributed by atoms with van der Waals surface area (Å²) in [5, 5.41) is 3.90. The average molecular weight is 522 g/mol. The van der Waals surface area contributed by atoms with Crippen LogP contribution in [0, 0.1) is 0 Å². The Kier molecular flexibility index (Phi) is 10.6. The molecule has 1 heterocycles. The standard InChI is InChI=1S/C19H28ClN5O2.HI/c1-4-21-19(22-10-9-17(26)23(2)3)25-12-11-24(18(27)14-25)13-15-5-7-16(20)8-6-15;/h5-8H,4,9-14H2,1-3H3,(H,21,22);1H. The normalized spacial score (nSPS) is 14.6. The van der Waals surface area contributed by atoms with Crippen molar-refractivity contribution in [3.63, 3.8) is 0 Å². The summed E-state index contributed by atoms with van der Waals surface area (Å²) in [5.74, 6) is 0.785. The summed E-state index contributed by atoms with van der Waals surface area (Å²) in [5.41, 5.74) is 1.06. The van der Waals surface area contributed by atoms with E-state index in [1.165, 1.54) is 0 Å². The van der Waals surface area contributed by atoms with Crippen LogP contribution in [0.25, 0.3) is 0 Å². The van der Waals surface area contributed by atoms with E-state index < -0.39 is 0 Å². The number of nitrogens with one attached hydrogen (secondary N) is 1. The minimum atomic E-state index is 0. The van der Waals surface area contributed by atoms with Crippen LogP contribution in [0.1, 0.15) is 18.9 Å². The van der Waals surface area contributed by atoms with Crippen LogP contribution in [-0.4, -0.2) is 79.3 Å². The van der Waals surface area contributed by atoms with Gasteiger partial charge in [-0.15, -0.1) is 24.0 Å². The highest BCUT2D eigenvalue weighted by atomic mass is 127. The summed E-state index contributed by atoms with van der Waals surface area (Å²) in [6, 6.07) is 7.55. The van der Waals surface area contributed by atoms with Crippen LogP contribution in [0.3, 0.4) is 0 Å². The second kappa shape index (κ2) is 12.1. The minimum absolute atomic E-state index is 0. The first kappa shape index (κ1) is 24.5. The predicted molar refractivity (Wildman–Crippen MR) is 123 cm³/mol. The molecule has 0 aliphatic carbocycles. The van der Waals surface area contributed by atoms with E-state index in [0.29, 0.717) is 50.1 Å². The van der Waals surface area contributed by atoms with Crippen molar-refractivity contribution in [1.29, 1.82) is 0 Å². The lowest BCUT2D eigenvalue weighted by Crippen LogP contribution is -2.55. The van der Waals surface area contributed by atoms with Crippen molar-refractivity contribution in [1.82, 2.24) is 20.0 Å². The smallest absolute Gasteiger partial charge is 0.242 e. The number of piperazine rings is 1. The quantitative estimate of drug-likeness (QED) is 0.353. The molecule has 1 aromatic rings. The van der Waals surface area contributed by atoms with Crippen LogP contribution in [0.15, 0.2) is 29.3 Å². The molecule has 0 radical (unpaired) electrons. The van der Waals surface area contributed by atoms with Crippen molar-refractivity contribution in [2.24, 2.45) is 4.99 Å². The van der Waals surface area contributed by atoms with Crippen LogP contribution < -0.4 is 5.32 Å². The zero-order valence-electron chi connectivity index (χ0n) is 16.7. The summed E-state index contributed by atoms with van der Waals surface area (Å²) >= 11 is 5.91. The van der Waals surface area contributed by atoms with E-state index in [0.717, 1.165) is 5.56 Å². The Morgan fingerprint density at radius 2 is 1.93 bits per heavy atom. The average Bonchev–Trinajstić information content (AvgIpc) is 2.64. The van der Waals surface area contributed by atoms with Gasteiger partial charge in [-0.3, -0.25) is 14.6 Å². The fraction of sp³-hybridized carbons (Fsp3) is 0.526. The van der Waals surface area contributed by atoms with Crippen molar-refractivity contribution in [2.75, 3.05) is 46.8 Å². The number of hydrogen-bond donors (Lipinski definition) is 1. The SMILES string of the molecule is CCNC(=NCCC(=O)N(C)C)N1CCN(Cc2ccc(Cl)cc2)C(=O)C1.I. The van der Waals surface area contributed by atoms with Crippen molar-refractivity contribution in [3.05, 3.63) is 34.9 Å². The lowest BCUT2D eigenvalue weighted by molar-refractivity contribution is -0.135. The number of halogens is 2. The number of hydrogen-bond acceptors (Lipinski definition) is 3. The molecule has 28 heavy (non-hydrogen) atoms. The number of carbonyl (C=O) groups is 2. The number of nitrogens with zero attached hydrogens (tertiary/aromatic N) is 4. The molecule has 2 amide bonds. The van der Waals surface area contributed by atoms with Gasteiger partial charge >= 0.3 is 0 Å². The van der Waals surface area contributed by atoms with E-state index in [9.17, 15) is 9.59 Å². The van der Waals surface area contributed by atoms with Crippen molar-refractivity contribution < 1.29 is 9.59 Å². The first-order valence-electron chi connectivity index (χ1n) is 9.16. The largest absolute Gasteiger partial charge is 0.357 e. The van der Waals surface area contributed by atoms with E-state index in [1.54, 1.807) is 19.0 Å². The number of rotatable bonds is 6. The van der Waals surface area contributed by atoms with Gasteiger partial charge in [-0.2, -0.15) is 0 Å². The molecule has 7 nitrogen and oxygen atoms in total. The summed E-state index contributed by atoms with van der Waals surface area (Å²) in [6.07, 6.45) is 0.354. The monoisotopic (exact) mass is 521 g/mol.